The van der Waals surface area contributed by atoms with Crippen LogP contribution in [0.2, 0.25) is 0 Å². The third kappa shape index (κ3) is 1.92. The lowest BCUT2D eigenvalue weighted by molar-refractivity contribution is 0.412. The van der Waals surface area contributed by atoms with Gasteiger partial charge in [-0.1, -0.05) is 36.4 Å². The molecule has 0 spiro atoms. The Morgan fingerprint density at radius 3 is 1.71 bits per heavy atom. The van der Waals surface area contributed by atoms with Crippen LogP contribution in [0.1, 0.15) is 0 Å². The molecule has 0 N–H and O–H groups in total. The maximum absolute atomic E-state index is 11.9. The van der Waals surface area contributed by atoms with Gasteiger partial charge in [0.15, 0.2) is 0 Å². The second-order valence-electron chi connectivity index (χ2n) is 3.61. The Balaban J connectivity index is 2.32. The van der Waals surface area contributed by atoms with E-state index in [1.54, 1.807) is 24.3 Å². The van der Waals surface area contributed by atoms with Gasteiger partial charge in [-0.2, -0.15) is 0 Å². The van der Waals surface area contributed by atoms with Crippen LogP contribution in [0.3, 0.4) is 0 Å². The second kappa shape index (κ2) is 3.80. The first kappa shape index (κ1) is 10.7. The molecule has 0 radical (unpaired) electrons. The monoisotopic (exact) mass is 266 g/mol. The Bertz CT molecular complexity index is 575. The summed E-state index contributed by atoms with van der Waals surface area (Å²) in [5.74, 6) is 0.937. The molecular formula is C12H8ClO3P. The van der Waals surface area contributed by atoms with Gasteiger partial charge in [0.1, 0.15) is 11.5 Å². The minimum atomic E-state index is -3.62. The zero-order valence-electron chi connectivity index (χ0n) is 8.67. The fourth-order valence-corrected chi connectivity index (χ4v) is 3.06. The minimum Gasteiger partial charge on any atom is -0.404 e. The summed E-state index contributed by atoms with van der Waals surface area (Å²) in [5, 5.41) is 0. The molecule has 86 valence electrons. The van der Waals surface area contributed by atoms with E-state index in [2.05, 4.69) is 0 Å². The topological polar surface area (TPSA) is 35.5 Å². The summed E-state index contributed by atoms with van der Waals surface area (Å²) >= 11 is 5.74. The van der Waals surface area contributed by atoms with Gasteiger partial charge in [0.25, 0.3) is 0 Å². The van der Waals surface area contributed by atoms with Crippen LogP contribution in [0.5, 0.6) is 11.5 Å². The summed E-state index contributed by atoms with van der Waals surface area (Å²) in [4.78, 5) is 0. The average Bonchev–Trinajstić information content (AvgIpc) is 2.40. The van der Waals surface area contributed by atoms with Gasteiger partial charge in [-0.25, -0.2) is 4.57 Å². The van der Waals surface area contributed by atoms with Crippen molar-refractivity contribution in [3.05, 3.63) is 48.5 Å². The molecule has 3 rings (SSSR count). The van der Waals surface area contributed by atoms with Gasteiger partial charge >= 0.3 is 6.95 Å². The molecule has 0 amide bonds. The Morgan fingerprint density at radius 2 is 1.24 bits per heavy atom. The molecule has 0 aromatic heterocycles. The number of halogens is 1. The van der Waals surface area contributed by atoms with E-state index in [1.807, 2.05) is 24.3 Å². The van der Waals surface area contributed by atoms with Gasteiger partial charge in [0.05, 0.1) is 0 Å². The first-order valence-electron chi connectivity index (χ1n) is 5.03. The fraction of sp³-hybridized carbons (Fsp3) is 0. The van der Waals surface area contributed by atoms with Crippen molar-refractivity contribution in [2.24, 2.45) is 0 Å². The van der Waals surface area contributed by atoms with Gasteiger partial charge in [-0.3, -0.25) is 0 Å². The molecule has 17 heavy (non-hydrogen) atoms. The molecule has 0 bridgehead atoms. The molecule has 0 aliphatic carbocycles. The molecule has 1 heterocycles. The molecule has 0 fully saturated rings. The summed E-state index contributed by atoms with van der Waals surface area (Å²) in [5.41, 5.74) is 1.64. The third-order valence-electron chi connectivity index (χ3n) is 2.48. The van der Waals surface area contributed by atoms with Crippen LogP contribution in [-0.4, -0.2) is 0 Å². The molecule has 2 aromatic carbocycles. The number of fused-ring (bicyclic) bond motifs is 3. The molecule has 5 heteroatoms. The summed E-state index contributed by atoms with van der Waals surface area (Å²) < 4.78 is 22.4. The molecule has 0 atom stereocenters. The summed E-state index contributed by atoms with van der Waals surface area (Å²) in [6, 6.07) is 14.5. The van der Waals surface area contributed by atoms with Crippen LogP contribution in [-0.2, 0) is 4.57 Å². The molecule has 2 aromatic rings. The SMILES string of the molecule is O=P1(Cl)Oc2ccccc2-c2ccccc2O1. The smallest absolute Gasteiger partial charge is 0.404 e. The van der Waals surface area contributed by atoms with Gasteiger partial charge in [0, 0.05) is 22.4 Å². The predicted octanol–water partition coefficient (Wildman–Crippen LogP) is 4.47. The zero-order valence-corrected chi connectivity index (χ0v) is 10.3. The highest BCUT2D eigenvalue weighted by Crippen LogP contribution is 2.58. The second-order valence-corrected chi connectivity index (χ2v) is 6.07. The largest absolute Gasteiger partial charge is 0.530 e. The number of hydrogen-bond donors (Lipinski definition) is 0. The van der Waals surface area contributed by atoms with Crippen molar-refractivity contribution in [2.75, 3.05) is 0 Å². The zero-order chi connectivity index (χ0) is 11.9. The molecule has 1 aliphatic heterocycles. The van der Waals surface area contributed by atoms with Crippen molar-refractivity contribution in [1.82, 2.24) is 0 Å². The molecule has 0 saturated heterocycles. The van der Waals surface area contributed by atoms with E-state index in [0.717, 1.165) is 11.1 Å². The lowest BCUT2D eigenvalue weighted by Crippen LogP contribution is -1.92. The van der Waals surface area contributed by atoms with Crippen LogP contribution >= 0.6 is 18.2 Å². The number of benzene rings is 2. The number of para-hydroxylation sites is 2. The lowest BCUT2D eigenvalue weighted by Gasteiger charge is -2.10. The van der Waals surface area contributed by atoms with Crippen LogP contribution in [0.4, 0.5) is 0 Å². The van der Waals surface area contributed by atoms with Crippen molar-refractivity contribution in [3.63, 3.8) is 0 Å². The Hall–Kier alpha value is -1.44. The van der Waals surface area contributed by atoms with Crippen molar-refractivity contribution in [2.45, 2.75) is 0 Å². The van der Waals surface area contributed by atoms with Gasteiger partial charge in [0.2, 0.25) is 0 Å². The van der Waals surface area contributed by atoms with E-state index >= 15 is 0 Å². The number of hydrogen-bond acceptors (Lipinski definition) is 3. The predicted molar refractivity (Wildman–Crippen MR) is 66.6 cm³/mol. The van der Waals surface area contributed by atoms with Crippen molar-refractivity contribution in [3.8, 4) is 22.6 Å². The van der Waals surface area contributed by atoms with Crippen LogP contribution in [0, 0.1) is 0 Å². The van der Waals surface area contributed by atoms with E-state index in [0.29, 0.717) is 11.5 Å². The molecular weight excluding hydrogens is 259 g/mol. The highest BCUT2D eigenvalue weighted by atomic mass is 35.7. The standard InChI is InChI=1S/C12H8ClO3P/c13-17(14)15-11-7-3-1-5-9(11)10-6-2-4-8-12(10)16-17/h1-8H. The third-order valence-corrected chi connectivity index (χ3v) is 3.72. The van der Waals surface area contributed by atoms with Crippen molar-refractivity contribution in [1.29, 1.82) is 0 Å². The minimum absolute atomic E-state index is 0.468. The van der Waals surface area contributed by atoms with E-state index in [1.165, 1.54) is 0 Å². The molecule has 3 nitrogen and oxygen atoms in total. The first-order valence-corrected chi connectivity index (χ1v) is 7.48. The fourth-order valence-electron chi connectivity index (χ4n) is 1.79. The molecule has 0 unspecified atom stereocenters. The first-order chi connectivity index (χ1) is 8.16. The Kier molecular flexibility index (Phi) is 2.39. The quantitative estimate of drug-likeness (QED) is 0.660. The van der Waals surface area contributed by atoms with E-state index < -0.39 is 6.95 Å². The van der Waals surface area contributed by atoms with Crippen LogP contribution in [0.25, 0.3) is 11.1 Å². The van der Waals surface area contributed by atoms with Gasteiger partial charge in [-0.15, -0.1) is 0 Å². The molecule has 1 aliphatic rings. The Labute approximate surface area is 103 Å². The van der Waals surface area contributed by atoms with Gasteiger partial charge < -0.3 is 9.05 Å². The number of rotatable bonds is 0. The highest BCUT2D eigenvalue weighted by Gasteiger charge is 2.31. The normalized spacial score (nSPS) is 15.8. The summed E-state index contributed by atoms with van der Waals surface area (Å²) in [7, 11) is 0. The van der Waals surface area contributed by atoms with E-state index in [-0.39, 0.29) is 0 Å². The van der Waals surface area contributed by atoms with E-state index in [9.17, 15) is 4.57 Å². The lowest BCUT2D eigenvalue weighted by atomic mass is 10.0. The average molecular weight is 267 g/mol. The summed E-state index contributed by atoms with van der Waals surface area (Å²) in [6.45, 7) is -3.62. The summed E-state index contributed by atoms with van der Waals surface area (Å²) in [6.07, 6.45) is 0. The maximum atomic E-state index is 11.9. The Morgan fingerprint density at radius 1 is 0.824 bits per heavy atom. The molecule has 0 saturated carbocycles. The van der Waals surface area contributed by atoms with Crippen molar-refractivity contribution >= 4 is 18.2 Å². The maximum Gasteiger partial charge on any atom is 0.530 e. The van der Waals surface area contributed by atoms with Crippen LogP contribution in [0.15, 0.2) is 48.5 Å². The van der Waals surface area contributed by atoms with Crippen molar-refractivity contribution < 1.29 is 13.6 Å². The van der Waals surface area contributed by atoms with Crippen LogP contribution < -0.4 is 9.05 Å². The van der Waals surface area contributed by atoms with Gasteiger partial charge in [-0.05, 0) is 12.1 Å². The van der Waals surface area contributed by atoms with E-state index in [4.69, 9.17) is 20.3 Å². The highest BCUT2D eigenvalue weighted by molar-refractivity contribution is 7.82.